The van der Waals surface area contributed by atoms with Crippen molar-refractivity contribution >= 4 is 21.6 Å². The second-order valence-electron chi connectivity index (χ2n) is 3.76. The van der Waals surface area contributed by atoms with Gasteiger partial charge in [0.15, 0.2) is 0 Å². The Morgan fingerprint density at radius 3 is 2.58 bits per heavy atom. The predicted molar refractivity (Wildman–Crippen MR) is 64.3 cm³/mol. The van der Waals surface area contributed by atoms with Crippen LogP contribution in [0.3, 0.4) is 0 Å². The van der Waals surface area contributed by atoms with Crippen molar-refractivity contribution in [2.45, 2.75) is 30.3 Å². The molecule has 108 valence electrons. The first kappa shape index (κ1) is 16.2. The van der Waals surface area contributed by atoms with E-state index in [0.717, 1.165) is 0 Å². The third kappa shape index (κ3) is 5.75. The van der Waals surface area contributed by atoms with E-state index in [-0.39, 0.29) is 29.4 Å². The summed E-state index contributed by atoms with van der Waals surface area (Å²) in [7, 11) is -3.83. The fraction of sp³-hybridized carbons (Fsp3) is 0.500. The molecule has 0 bridgehead atoms. The molecule has 0 aliphatic rings. The van der Waals surface area contributed by atoms with Crippen LogP contribution in [0.2, 0.25) is 5.15 Å². The van der Waals surface area contributed by atoms with Crippen LogP contribution in [0.4, 0.5) is 13.2 Å². The normalized spacial score (nSPS) is 12.6. The number of pyridine rings is 1. The van der Waals surface area contributed by atoms with Gasteiger partial charge in [-0.05, 0) is 25.0 Å². The number of sulfonamides is 1. The molecule has 0 saturated carbocycles. The largest absolute Gasteiger partial charge is 0.389 e. The standard InChI is InChI=1S/C10H12ClF3N2O2S/c11-9-8(4-3-6-15-9)19(17,18)16-7-2-1-5-10(12,13)14/h3-4,6,16H,1-2,5,7H2. The number of alkyl halides is 3. The second-order valence-corrected chi connectivity index (χ2v) is 5.86. The van der Waals surface area contributed by atoms with Crippen molar-refractivity contribution in [1.82, 2.24) is 9.71 Å². The highest BCUT2D eigenvalue weighted by atomic mass is 35.5. The maximum Gasteiger partial charge on any atom is 0.389 e. The average Bonchev–Trinajstić information content (AvgIpc) is 2.27. The Morgan fingerprint density at radius 2 is 2.00 bits per heavy atom. The summed E-state index contributed by atoms with van der Waals surface area (Å²) in [5.74, 6) is 0. The molecule has 0 aromatic carbocycles. The van der Waals surface area contributed by atoms with Crippen molar-refractivity contribution in [2.75, 3.05) is 6.54 Å². The zero-order valence-corrected chi connectivity index (χ0v) is 11.3. The number of unbranched alkanes of at least 4 members (excludes halogenated alkanes) is 1. The fourth-order valence-corrected chi connectivity index (χ4v) is 2.83. The molecule has 0 saturated heterocycles. The monoisotopic (exact) mass is 316 g/mol. The van der Waals surface area contributed by atoms with E-state index in [1.807, 2.05) is 0 Å². The molecular formula is C10H12ClF3N2O2S. The maximum atomic E-state index is 11.9. The van der Waals surface area contributed by atoms with E-state index < -0.39 is 22.6 Å². The zero-order chi connectivity index (χ0) is 14.5. The SMILES string of the molecule is O=S(=O)(NCCCCC(F)(F)F)c1cccnc1Cl. The molecule has 0 atom stereocenters. The van der Waals surface area contributed by atoms with Crippen LogP contribution in [0, 0.1) is 0 Å². The summed E-state index contributed by atoms with van der Waals surface area (Å²) in [4.78, 5) is 3.43. The van der Waals surface area contributed by atoms with Crippen LogP contribution in [0.15, 0.2) is 23.2 Å². The van der Waals surface area contributed by atoms with Crippen LogP contribution in [0.1, 0.15) is 19.3 Å². The van der Waals surface area contributed by atoms with Gasteiger partial charge in [-0.3, -0.25) is 0 Å². The maximum absolute atomic E-state index is 11.9. The van der Waals surface area contributed by atoms with Gasteiger partial charge in [-0.25, -0.2) is 18.1 Å². The lowest BCUT2D eigenvalue weighted by molar-refractivity contribution is -0.135. The molecule has 1 heterocycles. The van der Waals surface area contributed by atoms with Crippen LogP contribution in [-0.4, -0.2) is 26.1 Å². The van der Waals surface area contributed by atoms with E-state index in [0.29, 0.717) is 0 Å². The summed E-state index contributed by atoms with van der Waals surface area (Å²) in [5.41, 5.74) is 0. The van der Waals surface area contributed by atoms with Crippen LogP contribution in [-0.2, 0) is 10.0 Å². The Balaban J connectivity index is 2.47. The van der Waals surface area contributed by atoms with Crippen LogP contribution in [0.25, 0.3) is 0 Å². The quantitative estimate of drug-likeness (QED) is 0.648. The van der Waals surface area contributed by atoms with Gasteiger partial charge in [0, 0.05) is 19.2 Å². The summed E-state index contributed by atoms with van der Waals surface area (Å²) < 4.78 is 61.3. The van der Waals surface area contributed by atoms with E-state index in [1.165, 1.54) is 18.3 Å². The predicted octanol–water partition coefficient (Wildman–Crippen LogP) is 2.75. The van der Waals surface area contributed by atoms with Crippen LogP contribution >= 0.6 is 11.6 Å². The number of hydrogen-bond donors (Lipinski definition) is 1. The summed E-state index contributed by atoms with van der Waals surface area (Å²) in [6.45, 7) is -0.0797. The highest BCUT2D eigenvalue weighted by Gasteiger charge is 2.26. The summed E-state index contributed by atoms with van der Waals surface area (Å²) >= 11 is 5.63. The first-order chi connectivity index (χ1) is 8.72. The summed E-state index contributed by atoms with van der Waals surface area (Å²) in [6, 6.07) is 2.68. The molecule has 0 radical (unpaired) electrons. The first-order valence-electron chi connectivity index (χ1n) is 5.39. The molecular weight excluding hydrogens is 305 g/mol. The van der Waals surface area contributed by atoms with Crippen molar-refractivity contribution < 1.29 is 21.6 Å². The first-order valence-corrected chi connectivity index (χ1v) is 7.25. The molecule has 9 heteroatoms. The van der Waals surface area contributed by atoms with Gasteiger partial charge in [-0.15, -0.1) is 0 Å². The molecule has 1 N–H and O–H groups in total. The summed E-state index contributed by atoms with van der Waals surface area (Å²) in [6.07, 6.45) is -3.85. The molecule has 1 aromatic rings. The van der Waals surface area contributed by atoms with E-state index in [9.17, 15) is 21.6 Å². The van der Waals surface area contributed by atoms with E-state index >= 15 is 0 Å². The Morgan fingerprint density at radius 1 is 1.32 bits per heavy atom. The van der Waals surface area contributed by atoms with Crippen molar-refractivity contribution in [1.29, 1.82) is 0 Å². The molecule has 0 spiro atoms. The fourth-order valence-electron chi connectivity index (χ4n) is 1.31. The van der Waals surface area contributed by atoms with Gasteiger partial charge in [0.25, 0.3) is 0 Å². The second kappa shape index (κ2) is 6.53. The van der Waals surface area contributed by atoms with Crippen LogP contribution in [0.5, 0.6) is 0 Å². The molecule has 19 heavy (non-hydrogen) atoms. The van der Waals surface area contributed by atoms with Crippen molar-refractivity contribution in [3.63, 3.8) is 0 Å². The van der Waals surface area contributed by atoms with E-state index in [4.69, 9.17) is 11.6 Å². The van der Waals surface area contributed by atoms with Gasteiger partial charge in [0.1, 0.15) is 10.0 Å². The van der Waals surface area contributed by atoms with Gasteiger partial charge in [0.2, 0.25) is 10.0 Å². The topological polar surface area (TPSA) is 59.1 Å². The highest BCUT2D eigenvalue weighted by Crippen LogP contribution is 2.22. The Hall–Kier alpha value is -0.860. The molecule has 0 fully saturated rings. The lowest BCUT2D eigenvalue weighted by Gasteiger charge is -2.08. The summed E-state index contributed by atoms with van der Waals surface area (Å²) in [5, 5.41) is -0.176. The highest BCUT2D eigenvalue weighted by molar-refractivity contribution is 7.89. The van der Waals surface area contributed by atoms with Crippen molar-refractivity contribution in [3.8, 4) is 0 Å². The number of nitrogens with zero attached hydrogens (tertiary/aromatic N) is 1. The Kier molecular flexibility index (Phi) is 5.57. The third-order valence-corrected chi connectivity index (χ3v) is 4.10. The average molecular weight is 317 g/mol. The van der Waals surface area contributed by atoms with Crippen molar-refractivity contribution in [2.24, 2.45) is 0 Å². The zero-order valence-electron chi connectivity index (χ0n) is 9.74. The number of aromatic nitrogens is 1. The number of halogens is 4. The minimum Gasteiger partial charge on any atom is -0.243 e. The molecule has 1 aromatic heterocycles. The van der Waals surface area contributed by atoms with E-state index in [2.05, 4.69) is 9.71 Å². The minimum absolute atomic E-state index is 0.0797. The lowest BCUT2D eigenvalue weighted by Crippen LogP contribution is -2.25. The molecule has 0 aliphatic heterocycles. The molecule has 1 rings (SSSR count). The van der Waals surface area contributed by atoms with Gasteiger partial charge in [0.05, 0.1) is 0 Å². The van der Waals surface area contributed by atoms with Crippen LogP contribution < -0.4 is 4.72 Å². The number of nitrogens with one attached hydrogen (secondary N) is 1. The smallest absolute Gasteiger partial charge is 0.243 e. The molecule has 4 nitrogen and oxygen atoms in total. The van der Waals surface area contributed by atoms with Gasteiger partial charge >= 0.3 is 6.18 Å². The number of rotatable bonds is 6. The van der Waals surface area contributed by atoms with E-state index in [1.54, 1.807) is 0 Å². The third-order valence-electron chi connectivity index (χ3n) is 2.19. The van der Waals surface area contributed by atoms with Gasteiger partial charge in [-0.1, -0.05) is 11.6 Å². The molecule has 0 unspecified atom stereocenters. The molecule has 0 aliphatic carbocycles. The Bertz CT molecular complexity index is 520. The number of hydrogen-bond acceptors (Lipinski definition) is 3. The molecule has 0 amide bonds. The lowest BCUT2D eigenvalue weighted by atomic mass is 10.2. The van der Waals surface area contributed by atoms with Crippen molar-refractivity contribution in [3.05, 3.63) is 23.5 Å². The Labute approximate surface area is 114 Å². The van der Waals surface area contributed by atoms with Gasteiger partial charge < -0.3 is 0 Å². The van der Waals surface area contributed by atoms with Gasteiger partial charge in [-0.2, -0.15) is 13.2 Å². The minimum atomic E-state index is -4.22.